The third kappa shape index (κ3) is 8.54. The second kappa shape index (κ2) is 13.6. The summed E-state index contributed by atoms with van der Waals surface area (Å²) in [4.78, 5) is 33.0. The summed E-state index contributed by atoms with van der Waals surface area (Å²) in [5.74, 6) is -0.643. The van der Waals surface area contributed by atoms with Gasteiger partial charge in [-0.2, -0.15) is 0 Å². The molecule has 34 heavy (non-hydrogen) atoms. The molecule has 0 aliphatic carbocycles. The van der Waals surface area contributed by atoms with Gasteiger partial charge in [-0.3, -0.25) is 0 Å². The molecule has 0 heterocycles. The minimum Gasteiger partial charge on any atom is -0.439 e. The molecule has 0 aliphatic heterocycles. The minimum atomic E-state index is -0.708. The predicted octanol–water partition coefficient (Wildman–Crippen LogP) is 6.76. The van der Waals surface area contributed by atoms with E-state index in [1.165, 1.54) is 11.8 Å². The first kappa shape index (κ1) is 24.7. The maximum absolute atomic E-state index is 11.5. The molecule has 4 rings (SSSR count). The quantitative estimate of drug-likeness (QED) is 0.136. The average molecular weight is 489 g/mol. The van der Waals surface area contributed by atoms with Crippen molar-refractivity contribution in [3.63, 3.8) is 0 Å². The molecule has 0 bridgehead atoms. The molecule has 0 radical (unpaired) electrons. The molecule has 0 saturated heterocycles. The summed E-state index contributed by atoms with van der Waals surface area (Å²) in [5.41, 5.74) is 0.636. The summed E-state index contributed by atoms with van der Waals surface area (Å²) in [6, 6.07) is 36.1. The standard InChI is InChI=1S/C14H10O4.C13H10OS2/c15-13(11-7-3-1-4-8-11)17-18-14(16)12-9-5-2-6-10-12;15-13(14-11-7-3-1-4-8-11)16-12-9-5-2-6-10-12/h1-10H;1-10H. The van der Waals surface area contributed by atoms with Crippen LogP contribution in [0.4, 0.5) is 0 Å². The largest absolute Gasteiger partial charge is 0.439 e. The van der Waals surface area contributed by atoms with Crippen molar-refractivity contribution in [3.8, 4) is 5.75 Å². The Hall–Kier alpha value is -3.94. The number of carbonyl (C=O) groups is 2. The second-order valence-electron chi connectivity index (χ2n) is 6.55. The van der Waals surface area contributed by atoms with Crippen LogP contribution in [0, 0.1) is 0 Å². The summed E-state index contributed by atoms with van der Waals surface area (Å²) in [5, 5.41) is 0. The maximum atomic E-state index is 11.5. The Bertz CT molecular complexity index is 1090. The van der Waals surface area contributed by atoms with Crippen molar-refractivity contribution in [2.45, 2.75) is 4.90 Å². The summed E-state index contributed by atoms with van der Waals surface area (Å²) in [7, 11) is 0. The van der Waals surface area contributed by atoms with Crippen LogP contribution in [0.15, 0.2) is 126 Å². The Morgan fingerprint density at radius 1 is 0.559 bits per heavy atom. The Kier molecular flexibility index (Phi) is 9.86. The molecule has 0 amide bonds. The van der Waals surface area contributed by atoms with Crippen LogP contribution in [-0.2, 0) is 9.78 Å². The molecule has 0 fully saturated rings. The number of thioether (sulfide) groups is 1. The first-order valence-electron chi connectivity index (χ1n) is 10.1. The number of ether oxygens (including phenoxy) is 1. The van der Waals surface area contributed by atoms with Crippen LogP contribution in [0.2, 0.25) is 0 Å². The minimum absolute atomic E-state index is 0.318. The average Bonchev–Trinajstić information content (AvgIpc) is 2.89. The van der Waals surface area contributed by atoms with E-state index in [0.29, 0.717) is 15.5 Å². The fourth-order valence-electron chi connectivity index (χ4n) is 2.51. The molecule has 0 aliphatic rings. The first-order chi connectivity index (χ1) is 16.6. The lowest BCUT2D eigenvalue weighted by molar-refractivity contribution is -0.187. The van der Waals surface area contributed by atoms with E-state index in [4.69, 9.17) is 17.0 Å². The van der Waals surface area contributed by atoms with Crippen LogP contribution in [0.3, 0.4) is 0 Å². The normalized spacial score (nSPS) is 9.65. The highest BCUT2D eigenvalue weighted by Gasteiger charge is 2.13. The van der Waals surface area contributed by atoms with Gasteiger partial charge < -0.3 is 4.74 Å². The molecule has 0 unspecified atom stereocenters. The predicted molar refractivity (Wildman–Crippen MR) is 136 cm³/mol. The van der Waals surface area contributed by atoms with Crippen LogP contribution in [0.1, 0.15) is 20.7 Å². The highest BCUT2D eigenvalue weighted by atomic mass is 32.2. The first-order valence-corrected chi connectivity index (χ1v) is 11.4. The van der Waals surface area contributed by atoms with Gasteiger partial charge in [0.2, 0.25) is 4.38 Å². The summed E-state index contributed by atoms with van der Waals surface area (Å²) < 4.78 is 6.02. The number of benzene rings is 4. The molecule has 7 heteroatoms. The SMILES string of the molecule is O=C(OOC(=O)c1ccccc1)c1ccccc1.S=C(Oc1ccccc1)Sc1ccccc1. The highest BCUT2D eigenvalue weighted by molar-refractivity contribution is 8.22. The molecule has 170 valence electrons. The van der Waals surface area contributed by atoms with Gasteiger partial charge in [-0.15, -0.1) is 0 Å². The summed E-state index contributed by atoms with van der Waals surface area (Å²) in [6.07, 6.45) is 0. The van der Waals surface area contributed by atoms with Crippen LogP contribution in [0.5, 0.6) is 5.75 Å². The highest BCUT2D eigenvalue weighted by Crippen LogP contribution is 2.21. The van der Waals surface area contributed by atoms with E-state index in [9.17, 15) is 9.59 Å². The molecular formula is C27H20O5S2. The molecule has 4 aromatic carbocycles. The van der Waals surface area contributed by atoms with Gasteiger partial charge in [0.15, 0.2) is 0 Å². The van der Waals surface area contributed by atoms with E-state index in [1.807, 2.05) is 60.7 Å². The number of rotatable bonds is 4. The van der Waals surface area contributed by atoms with E-state index < -0.39 is 11.9 Å². The fourth-order valence-corrected chi connectivity index (χ4v) is 3.52. The van der Waals surface area contributed by atoms with E-state index in [0.717, 1.165) is 10.6 Å². The molecule has 0 aromatic heterocycles. The number of thiocarbonyl (C=S) groups is 1. The maximum Gasteiger partial charge on any atom is 0.386 e. The van der Waals surface area contributed by atoms with Crippen LogP contribution >= 0.6 is 24.0 Å². The van der Waals surface area contributed by atoms with E-state index in [2.05, 4.69) is 9.78 Å². The zero-order valence-electron chi connectivity index (χ0n) is 17.9. The molecular weight excluding hydrogens is 468 g/mol. The van der Waals surface area contributed by atoms with Crippen molar-refractivity contribution in [1.29, 1.82) is 0 Å². The van der Waals surface area contributed by atoms with Crippen LogP contribution < -0.4 is 4.74 Å². The number of hydrogen-bond acceptors (Lipinski definition) is 7. The van der Waals surface area contributed by atoms with Gasteiger partial charge in [0.05, 0.1) is 11.1 Å². The van der Waals surface area contributed by atoms with Gasteiger partial charge in [0.1, 0.15) is 5.75 Å². The lowest BCUT2D eigenvalue weighted by atomic mass is 10.2. The second-order valence-corrected chi connectivity index (χ2v) is 8.23. The van der Waals surface area contributed by atoms with Crippen molar-refractivity contribution in [3.05, 3.63) is 132 Å². The summed E-state index contributed by atoms with van der Waals surface area (Å²) >= 11 is 6.61. The van der Waals surface area contributed by atoms with Gasteiger partial charge in [-0.25, -0.2) is 19.4 Å². The number of carbonyl (C=O) groups excluding carboxylic acids is 2. The van der Waals surface area contributed by atoms with Crippen molar-refractivity contribution in [2.75, 3.05) is 0 Å². The smallest absolute Gasteiger partial charge is 0.386 e. The van der Waals surface area contributed by atoms with Gasteiger partial charge in [-0.05, 0) is 72.5 Å². The Morgan fingerprint density at radius 2 is 0.941 bits per heavy atom. The Balaban J connectivity index is 0.000000192. The van der Waals surface area contributed by atoms with Gasteiger partial charge in [0, 0.05) is 4.90 Å². The van der Waals surface area contributed by atoms with E-state index >= 15 is 0 Å². The zero-order valence-corrected chi connectivity index (χ0v) is 19.5. The Morgan fingerprint density at radius 3 is 1.38 bits per heavy atom. The van der Waals surface area contributed by atoms with E-state index in [-0.39, 0.29) is 0 Å². The van der Waals surface area contributed by atoms with Crippen molar-refractivity contribution in [2.24, 2.45) is 0 Å². The fraction of sp³-hybridized carbons (Fsp3) is 0. The number of para-hydroxylation sites is 1. The van der Waals surface area contributed by atoms with Gasteiger partial charge in [-0.1, -0.05) is 72.8 Å². The van der Waals surface area contributed by atoms with Gasteiger partial charge >= 0.3 is 11.9 Å². The topological polar surface area (TPSA) is 61.8 Å². The zero-order chi connectivity index (χ0) is 24.0. The Labute approximate surface area is 207 Å². The van der Waals surface area contributed by atoms with Crippen LogP contribution in [-0.4, -0.2) is 16.3 Å². The van der Waals surface area contributed by atoms with Gasteiger partial charge in [0.25, 0.3) is 0 Å². The van der Waals surface area contributed by atoms with Crippen molar-refractivity contribution < 1.29 is 24.1 Å². The van der Waals surface area contributed by atoms with Crippen LogP contribution in [0.25, 0.3) is 0 Å². The lowest BCUT2D eigenvalue weighted by Gasteiger charge is -2.05. The number of hydrogen-bond donors (Lipinski definition) is 0. The summed E-state index contributed by atoms with van der Waals surface area (Å²) in [6.45, 7) is 0. The van der Waals surface area contributed by atoms with Crippen molar-refractivity contribution in [1.82, 2.24) is 0 Å². The monoisotopic (exact) mass is 488 g/mol. The molecule has 0 N–H and O–H groups in total. The molecule has 0 saturated carbocycles. The van der Waals surface area contributed by atoms with Crippen molar-refractivity contribution >= 4 is 40.3 Å². The molecule has 0 atom stereocenters. The molecule has 4 aromatic rings. The third-order valence-electron chi connectivity index (χ3n) is 4.10. The molecule has 0 spiro atoms. The van der Waals surface area contributed by atoms with E-state index in [1.54, 1.807) is 60.7 Å². The molecule has 5 nitrogen and oxygen atoms in total. The third-order valence-corrected chi connectivity index (χ3v) is 5.19. The lowest BCUT2D eigenvalue weighted by Crippen LogP contribution is -2.11.